The number of amides is 1. The first-order valence-electron chi connectivity index (χ1n) is 12.0. The van der Waals surface area contributed by atoms with E-state index in [-0.39, 0.29) is 12.5 Å². The van der Waals surface area contributed by atoms with Crippen molar-refractivity contribution in [1.82, 2.24) is 5.43 Å². The summed E-state index contributed by atoms with van der Waals surface area (Å²) in [5.74, 6) is 1.25. The van der Waals surface area contributed by atoms with Gasteiger partial charge in [-0.15, -0.1) is 0 Å². The lowest BCUT2D eigenvalue weighted by Crippen LogP contribution is -2.18. The number of hydrazone groups is 1. The maximum absolute atomic E-state index is 12.8. The van der Waals surface area contributed by atoms with E-state index >= 15 is 0 Å². The molecule has 0 aliphatic carbocycles. The average Bonchev–Trinajstić information content (AvgIpc) is 2.93. The van der Waals surface area contributed by atoms with Crippen molar-refractivity contribution in [3.05, 3.63) is 123 Å². The maximum atomic E-state index is 12.8. The first kappa shape index (κ1) is 27.0. The number of hydrogen-bond acceptors (Lipinski definition) is 5. The highest BCUT2D eigenvalue weighted by molar-refractivity contribution is 6.35. The van der Waals surface area contributed by atoms with Crippen LogP contribution >= 0.6 is 23.2 Å². The molecule has 4 aromatic carbocycles. The Morgan fingerprint density at radius 3 is 2.37 bits per heavy atom. The van der Waals surface area contributed by atoms with Gasteiger partial charge in [0.2, 0.25) is 0 Å². The minimum Gasteiger partial charge on any atom is -0.490 e. The van der Waals surface area contributed by atoms with Crippen LogP contribution in [0.1, 0.15) is 34.0 Å². The molecule has 0 spiro atoms. The topological polar surface area (TPSA) is 69.2 Å². The third-order valence-corrected chi connectivity index (χ3v) is 6.02. The number of hydrogen-bond donors (Lipinski definition) is 1. The van der Waals surface area contributed by atoms with Crippen LogP contribution < -0.4 is 19.6 Å². The lowest BCUT2D eigenvalue weighted by Gasteiger charge is -2.13. The summed E-state index contributed by atoms with van der Waals surface area (Å²) in [6, 6.07) is 27.5. The smallest absolute Gasteiger partial charge is 0.271 e. The molecule has 38 heavy (non-hydrogen) atoms. The first-order chi connectivity index (χ1) is 18.5. The van der Waals surface area contributed by atoms with Crippen LogP contribution in [0.3, 0.4) is 0 Å². The molecule has 0 bridgehead atoms. The van der Waals surface area contributed by atoms with Crippen LogP contribution in [0.25, 0.3) is 0 Å². The van der Waals surface area contributed by atoms with Gasteiger partial charge in [-0.1, -0.05) is 71.7 Å². The van der Waals surface area contributed by atoms with Gasteiger partial charge in [0.1, 0.15) is 19.0 Å². The van der Waals surface area contributed by atoms with Gasteiger partial charge in [-0.2, -0.15) is 5.10 Å². The number of carbonyl (C=O) groups excluding carboxylic acids is 1. The zero-order valence-corrected chi connectivity index (χ0v) is 22.2. The van der Waals surface area contributed by atoms with Crippen molar-refractivity contribution in [3.63, 3.8) is 0 Å². The van der Waals surface area contributed by atoms with E-state index in [9.17, 15) is 4.79 Å². The van der Waals surface area contributed by atoms with Crippen LogP contribution in [0.5, 0.6) is 17.2 Å². The Hall–Kier alpha value is -4.00. The molecule has 4 rings (SSSR count). The van der Waals surface area contributed by atoms with E-state index in [0.29, 0.717) is 51.6 Å². The third kappa shape index (κ3) is 7.51. The van der Waals surface area contributed by atoms with Crippen molar-refractivity contribution in [2.75, 3.05) is 6.61 Å². The predicted octanol–water partition coefficient (Wildman–Crippen LogP) is 7.31. The summed E-state index contributed by atoms with van der Waals surface area (Å²) in [7, 11) is 0. The molecule has 194 valence electrons. The monoisotopic (exact) mass is 548 g/mol. The van der Waals surface area contributed by atoms with Crippen molar-refractivity contribution in [2.24, 2.45) is 5.10 Å². The number of nitrogens with zero attached hydrogens (tertiary/aromatic N) is 1. The molecule has 0 saturated carbocycles. The minimum atomic E-state index is -0.386. The van der Waals surface area contributed by atoms with E-state index in [1.165, 1.54) is 6.21 Å². The summed E-state index contributed by atoms with van der Waals surface area (Å²) in [6.45, 7) is 2.95. The fourth-order valence-electron chi connectivity index (χ4n) is 3.51. The molecule has 0 aliphatic rings. The van der Waals surface area contributed by atoms with Gasteiger partial charge < -0.3 is 14.2 Å². The summed E-state index contributed by atoms with van der Waals surface area (Å²) >= 11 is 12.2. The molecule has 0 aromatic heterocycles. The number of carbonyl (C=O) groups is 1. The molecule has 0 atom stereocenters. The van der Waals surface area contributed by atoms with E-state index < -0.39 is 0 Å². The van der Waals surface area contributed by atoms with Crippen molar-refractivity contribution in [1.29, 1.82) is 0 Å². The highest BCUT2D eigenvalue weighted by Crippen LogP contribution is 2.29. The number of benzene rings is 4. The molecule has 8 heteroatoms. The van der Waals surface area contributed by atoms with Crippen LogP contribution in [0.15, 0.2) is 96.1 Å². The van der Waals surface area contributed by atoms with Gasteiger partial charge in [0.05, 0.1) is 12.8 Å². The van der Waals surface area contributed by atoms with Crippen molar-refractivity contribution in [3.8, 4) is 17.2 Å². The average molecular weight is 549 g/mol. The molecular formula is C30H26Cl2N2O4. The normalized spacial score (nSPS) is 10.8. The van der Waals surface area contributed by atoms with E-state index in [4.69, 9.17) is 37.4 Å². The van der Waals surface area contributed by atoms with E-state index in [1.807, 2.05) is 67.6 Å². The molecule has 1 amide bonds. The molecule has 0 aliphatic heterocycles. The largest absolute Gasteiger partial charge is 0.490 e. The molecule has 0 saturated heterocycles. The maximum Gasteiger partial charge on any atom is 0.271 e. The highest BCUT2D eigenvalue weighted by Gasteiger charge is 2.12. The lowest BCUT2D eigenvalue weighted by atomic mass is 10.2. The summed E-state index contributed by atoms with van der Waals surface area (Å²) in [5.41, 5.74) is 5.47. The van der Waals surface area contributed by atoms with Crippen LogP contribution in [0.2, 0.25) is 10.0 Å². The number of halogens is 2. The van der Waals surface area contributed by atoms with Gasteiger partial charge in [0.15, 0.2) is 11.5 Å². The predicted molar refractivity (Wildman–Crippen MR) is 151 cm³/mol. The van der Waals surface area contributed by atoms with Gasteiger partial charge in [0.25, 0.3) is 5.91 Å². The molecular weight excluding hydrogens is 523 g/mol. The van der Waals surface area contributed by atoms with Crippen LogP contribution in [-0.4, -0.2) is 18.7 Å². The second kappa shape index (κ2) is 13.5. The number of para-hydroxylation sites is 1. The minimum absolute atomic E-state index is 0.256. The van der Waals surface area contributed by atoms with Gasteiger partial charge in [-0.25, -0.2) is 5.43 Å². The fraction of sp³-hybridized carbons (Fsp3) is 0.133. The summed E-state index contributed by atoms with van der Waals surface area (Å²) in [5, 5.41) is 5.20. The molecule has 1 N–H and O–H groups in total. The Morgan fingerprint density at radius 2 is 1.58 bits per heavy atom. The van der Waals surface area contributed by atoms with Crippen LogP contribution in [0.4, 0.5) is 0 Å². The molecule has 0 unspecified atom stereocenters. The zero-order valence-electron chi connectivity index (χ0n) is 20.7. The van der Waals surface area contributed by atoms with E-state index in [1.54, 1.807) is 30.3 Å². The molecule has 6 nitrogen and oxygen atoms in total. The number of rotatable bonds is 11. The zero-order chi connectivity index (χ0) is 26.7. The van der Waals surface area contributed by atoms with Crippen molar-refractivity contribution >= 4 is 35.3 Å². The van der Waals surface area contributed by atoms with Crippen molar-refractivity contribution in [2.45, 2.75) is 20.1 Å². The Labute approximate surface area is 231 Å². The Balaban J connectivity index is 1.39. The van der Waals surface area contributed by atoms with Crippen LogP contribution in [0, 0.1) is 0 Å². The molecule has 0 radical (unpaired) electrons. The van der Waals surface area contributed by atoms with Crippen molar-refractivity contribution < 1.29 is 19.0 Å². The molecule has 0 heterocycles. The Kier molecular flexibility index (Phi) is 9.62. The lowest BCUT2D eigenvalue weighted by molar-refractivity contribution is 0.0954. The van der Waals surface area contributed by atoms with Crippen LogP contribution in [-0.2, 0) is 13.2 Å². The molecule has 0 fully saturated rings. The second-order valence-electron chi connectivity index (χ2n) is 8.13. The first-order valence-corrected chi connectivity index (χ1v) is 12.7. The summed E-state index contributed by atoms with van der Waals surface area (Å²) in [6.07, 6.45) is 1.53. The standard InChI is InChI=1S/C30H26Cl2N2O4/c1-2-36-29-16-22(13-15-28(29)37-19-21-8-4-3-5-9-21)30(35)34-33-18-23-10-6-7-11-27(23)38-20-24-12-14-25(31)17-26(24)32/h3-18H,2,19-20H2,1H3,(H,34,35)/b33-18+. The summed E-state index contributed by atoms with van der Waals surface area (Å²) < 4.78 is 17.6. The third-order valence-electron chi connectivity index (χ3n) is 5.43. The fourth-order valence-corrected chi connectivity index (χ4v) is 3.97. The second-order valence-corrected chi connectivity index (χ2v) is 8.97. The van der Waals surface area contributed by atoms with Gasteiger partial charge in [-0.3, -0.25) is 4.79 Å². The quantitative estimate of drug-likeness (QED) is 0.157. The summed E-state index contributed by atoms with van der Waals surface area (Å²) in [4.78, 5) is 12.8. The number of nitrogens with one attached hydrogen (secondary N) is 1. The van der Waals surface area contributed by atoms with E-state index in [0.717, 1.165) is 11.1 Å². The van der Waals surface area contributed by atoms with Gasteiger partial charge in [-0.05, 0) is 55.0 Å². The number of ether oxygens (including phenoxy) is 3. The molecule has 4 aromatic rings. The Bertz CT molecular complexity index is 1410. The van der Waals surface area contributed by atoms with Gasteiger partial charge >= 0.3 is 0 Å². The SMILES string of the molecule is CCOc1cc(C(=O)N/N=C/c2ccccc2OCc2ccc(Cl)cc2Cl)ccc1OCc1ccccc1. The van der Waals surface area contributed by atoms with E-state index in [2.05, 4.69) is 10.5 Å². The highest BCUT2D eigenvalue weighted by atomic mass is 35.5. The van der Waals surface area contributed by atoms with Gasteiger partial charge in [0, 0.05) is 26.7 Å². The Morgan fingerprint density at radius 1 is 0.816 bits per heavy atom.